The van der Waals surface area contributed by atoms with Gasteiger partial charge in [-0.3, -0.25) is 4.79 Å². The number of pyridine rings is 1. The lowest BCUT2D eigenvalue weighted by atomic mass is 9.98. The minimum Gasteiger partial charge on any atom is -0.387 e. The summed E-state index contributed by atoms with van der Waals surface area (Å²) in [4.78, 5) is 23.8. The van der Waals surface area contributed by atoms with E-state index in [1.165, 1.54) is 0 Å². The van der Waals surface area contributed by atoms with E-state index in [2.05, 4.69) is 27.3 Å². The minimum absolute atomic E-state index is 0.0275. The summed E-state index contributed by atoms with van der Waals surface area (Å²) in [6, 6.07) is 10.6. The maximum atomic E-state index is 12.9. The number of anilines is 1. The molecule has 0 radical (unpaired) electrons. The number of carbonyl (C=O) groups excluding carboxylic acids is 1. The Kier molecular flexibility index (Phi) is 6.89. The fraction of sp³-hybridized carbons (Fsp3) is 0.542. The van der Waals surface area contributed by atoms with E-state index >= 15 is 0 Å². The molecule has 1 aromatic carbocycles. The van der Waals surface area contributed by atoms with Crippen molar-refractivity contribution < 1.29 is 14.3 Å². The van der Waals surface area contributed by atoms with Crippen LogP contribution in [-0.2, 0) is 9.47 Å². The second kappa shape index (κ2) is 9.82. The third-order valence-electron chi connectivity index (χ3n) is 6.12. The monoisotopic (exact) mass is 437 g/mol. The highest BCUT2D eigenvalue weighted by atomic mass is 16.5. The van der Waals surface area contributed by atoms with Gasteiger partial charge in [0.25, 0.3) is 5.91 Å². The molecule has 0 bridgehead atoms. The predicted octanol–water partition coefficient (Wildman–Crippen LogP) is 2.02. The third-order valence-corrected chi connectivity index (χ3v) is 6.12. The highest BCUT2D eigenvalue weighted by Gasteiger charge is 2.33. The normalized spacial score (nSPS) is 22.7. The lowest BCUT2D eigenvalue weighted by molar-refractivity contribution is 0.0359. The second-order valence-electron chi connectivity index (χ2n) is 8.60. The van der Waals surface area contributed by atoms with Crippen molar-refractivity contribution in [2.24, 2.45) is 10.7 Å². The van der Waals surface area contributed by atoms with Gasteiger partial charge in [-0.05, 0) is 51.3 Å². The van der Waals surface area contributed by atoms with Crippen LogP contribution in [0, 0.1) is 19.1 Å². The first kappa shape index (κ1) is 22.5. The number of ether oxygens (including phenoxy) is 2. The average Bonchev–Trinajstić information content (AvgIpc) is 2.78. The Morgan fingerprint density at radius 2 is 2.09 bits per heavy atom. The maximum Gasteiger partial charge on any atom is 0.282 e. The number of hydrogen-bond donors (Lipinski definition) is 2. The van der Waals surface area contributed by atoms with E-state index in [1.807, 2.05) is 19.1 Å². The summed E-state index contributed by atoms with van der Waals surface area (Å²) in [6.45, 7) is 6.52. The Morgan fingerprint density at radius 3 is 2.81 bits per heavy atom. The maximum absolute atomic E-state index is 12.9. The molecule has 3 N–H and O–H groups in total. The number of aromatic nitrogens is 1. The van der Waals surface area contributed by atoms with Crippen molar-refractivity contribution in [2.45, 2.75) is 51.3 Å². The molecule has 0 saturated carbocycles. The first-order valence-electron chi connectivity index (χ1n) is 11.2. The van der Waals surface area contributed by atoms with Gasteiger partial charge in [-0.2, -0.15) is 4.99 Å². The van der Waals surface area contributed by atoms with Crippen molar-refractivity contribution in [1.82, 2.24) is 10.3 Å². The molecule has 1 amide bonds. The molecule has 2 aliphatic rings. The Hall–Kier alpha value is -2.73. The first-order chi connectivity index (χ1) is 15.4. The summed E-state index contributed by atoms with van der Waals surface area (Å²) in [5.41, 5.74) is 7.74. The number of nitrogens with zero attached hydrogens (tertiary/aromatic N) is 3. The minimum atomic E-state index is -0.392. The van der Waals surface area contributed by atoms with E-state index in [0.29, 0.717) is 29.5 Å². The zero-order valence-corrected chi connectivity index (χ0v) is 19.0. The number of aliphatic imine (C=N–C) groups is 1. The molecule has 32 heavy (non-hydrogen) atoms. The number of nitrogens with one attached hydrogen (secondary N) is 1. The van der Waals surface area contributed by atoms with E-state index in [4.69, 9.17) is 20.2 Å². The number of piperidine rings is 1. The van der Waals surface area contributed by atoms with Crippen LogP contribution in [0.15, 0.2) is 17.1 Å². The Bertz CT molecular complexity index is 999. The summed E-state index contributed by atoms with van der Waals surface area (Å²) in [7, 11) is 1.74. The van der Waals surface area contributed by atoms with Crippen LogP contribution < -0.4 is 16.0 Å². The summed E-state index contributed by atoms with van der Waals surface area (Å²) < 4.78 is 11.3. The Labute approximate surface area is 189 Å². The molecular weight excluding hydrogens is 406 g/mol. The van der Waals surface area contributed by atoms with Crippen LogP contribution in [0.3, 0.4) is 0 Å². The van der Waals surface area contributed by atoms with Gasteiger partial charge in [0.1, 0.15) is 17.2 Å². The largest absolute Gasteiger partial charge is 0.387 e. The number of hydrogen-bond acceptors (Lipinski definition) is 6. The fourth-order valence-electron chi connectivity index (χ4n) is 4.48. The van der Waals surface area contributed by atoms with E-state index in [1.54, 1.807) is 14.0 Å². The molecule has 0 aliphatic carbocycles. The van der Waals surface area contributed by atoms with Gasteiger partial charge < -0.3 is 25.4 Å². The molecule has 8 heteroatoms. The van der Waals surface area contributed by atoms with Gasteiger partial charge in [-0.15, -0.1) is 0 Å². The molecule has 170 valence electrons. The Morgan fingerprint density at radius 1 is 1.31 bits per heavy atom. The summed E-state index contributed by atoms with van der Waals surface area (Å²) in [6.07, 6.45) is 2.89. The topological polar surface area (TPSA) is 102 Å². The third kappa shape index (κ3) is 5.01. The molecule has 2 saturated heterocycles. The number of methoxy groups -OCH3 is 1. The fourth-order valence-corrected chi connectivity index (χ4v) is 4.48. The van der Waals surface area contributed by atoms with Gasteiger partial charge in [-0.25, -0.2) is 4.98 Å². The quantitative estimate of drug-likeness (QED) is 0.545. The van der Waals surface area contributed by atoms with Gasteiger partial charge in [0.15, 0.2) is 0 Å². The number of amides is 1. The van der Waals surface area contributed by atoms with Crippen molar-refractivity contribution in [3.05, 3.63) is 35.4 Å². The molecule has 2 atom stereocenters. The van der Waals surface area contributed by atoms with E-state index in [-0.39, 0.29) is 18.0 Å². The van der Waals surface area contributed by atoms with Crippen molar-refractivity contribution in [1.29, 1.82) is 0 Å². The smallest absolute Gasteiger partial charge is 0.282 e. The number of carbonyl (C=O) groups is 1. The van der Waals surface area contributed by atoms with Crippen molar-refractivity contribution >= 4 is 28.5 Å². The van der Waals surface area contributed by atoms with Crippen LogP contribution in [-0.4, -0.2) is 68.3 Å². The summed E-state index contributed by atoms with van der Waals surface area (Å²) >= 11 is 0. The number of fused-ring (bicyclic) bond motifs is 1. The molecule has 2 aliphatic heterocycles. The summed E-state index contributed by atoms with van der Waals surface area (Å²) in [5.74, 6) is 0.420. The number of amidine groups is 1. The standard InChI is InChI=1S/C24H31N5O3/c1-15-4-5-20-17(12-15)13-19(24(30)26-16(2)25)23(28-20)29-9-6-21(22(14-29)31-3)27-18-7-10-32-11-8-18/h12-13,18,21-22,27H,6-11,14H2,1-3H3,(H2,25,26,30). The number of nitrogens with two attached hydrogens (primary N) is 1. The molecule has 1 aromatic heterocycles. The Balaban J connectivity index is 1.62. The molecule has 2 unspecified atom stereocenters. The van der Waals surface area contributed by atoms with Gasteiger partial charge in [-0.1, -0.05) is 6.07 Å². The number of aryl methyl sites for hydroxylation is 1. The molecule has 0 spiro atoms. The van der Waals surface area contributed by atoms with Crippen LogP contribution in [0.4, 0.5) is 5.82 Å². The van der Waals surface area contributed by atoms with Gasteiger partial charge in [0.05, 0.1) is 11.7 Å². The summed E-state index contributed by atoms with van der Waals surface area (Å²) in [5, 5.41) is 4.59. The SMILES string of the molecule is COC1CN(c2nc3c#cc(C)cc3cc2C(=O)N=C(C)N)CCC1NC1CCOCC1. The highest BCUT2D eigenvalue weighted by Crippen LogP contribution is 2.28. The predicted molar refractivity (Wildman–Crippen MR) is 124 cm³/mol. The van der Waals surface area contributed by atoms with E-state index in [0.717, 1.165) is 50.0 Å². The van der Waals surface area contributed by atoms with E-state index < -0.39 is 5.91 Å². The number of rotatable bonds is 5. The van der Waals surface area contributed by atoms with Crippen LogP contribution in [0.1, 0.15) is 42.1 Å². The van der Waals surface area contributed by atoms with Gasteiger partial charge >= 0.3 is 0 Å². The van der Waals surface area contributed by atoms with Crippen LogP contribution in [0.2, 0.25) is 0 Å². The molecule has 8 nitrogen and oxygen atoms in total. The second-order valence-corrected chi connectivity index (χ2v) is 8.60. The van der Waals surface area contributed by atoms with Crippen LogP contribution >= 0.6 is 0 Å². The van der Waals surface area contributed by atoms with Gasteiger partial charge in [0.2, 0.25) is 0 Å². The molecular formula is C24H31N5O3. The average molecular weight is 438 g/mol. The van der Waals surface area contributed by atoms with Crippen LogP contribution in [0.5, 0.6) is 0 Å². The highest BCUT2D eigenvalue weighted by molar-refractivity contribution is 6.07. The molecule has 4 rings (SSSR count). The van der Waals surface area contributed by atoms with E-state index in [9.17, 15) is 4.79 Å². The van der Waals surface area contributed by atoms with Crippen molar-refractivity contribution in [3.63, 3.8) is 0 Å². The molecule has 2 fully saturated rings. The lowest BCUT2D eigenvalue weighted by Gasteiger charge is -2.41. The zero-order valence-electron chi connectivity index (χ0n) is 19.0. The lowest BCUT2D eigenvalue weighted by Crippen LogP contribution is -2.56. The first-order valence-corrected chi connectivity index (χ1v) is 11.2. The van der Waals surface area contributed by atoms with Crippen molar-refractivity contribution in [3.8, 4) is 0 Å². The zero-order chi connectivity index (χ0) is 22.7. The van der Waals surface area contributed by atoms with Gasteiger partial charge in [0, 0.05) is 56.4 Å². The van der Waals surface area contributed by atoms with Crippen molar-refractivity contribution in [2.75, 3.05) is 38.3 Å². The van der Waals surface area contributed by atoms with Crippen LogP contribution in [0.25, 0.3) is 10.9 Å². The molecule has 3 heterocycles. The molecule has 2 aromatic rings.